The number of ketones is 1. The zero-order chi connectivity index (χ0) is 22.7. The van der Waals surface area contributed by atoms with Gasteiger partial charge in [0.25, 0.3) is 0 Å². The fraction of sp³-hybridized carbons (Fsp3) is 0.900. The van der Waals surface area contributed by atoms with Crippen LogP contribution in [0.1, 0.15) is 126 Å². The first-order chi connectivity index (χ1) is 14.2. The highest BCUT2D eigenvalue weighted by atomic mass is 16.1. The zero-order valence-corrected chi connectivity index (χ0v) is 21.8. The summed E-state index contributed by atoms with van der Waals surface area (Å²) in [6, 6.07) is 0. The van der Waals surface area contributed by atoms with E-state index in [2.05, 4.69) is 55.4 Å². The minimum Gasteiger partial charge on any atom is -0.299 e. The average Bonchev–Trinajstić information content (AvgIpc) is 2.67. The minimum absolute atomic E-state index is 0.132. The average molecular weight is 425 g/mol. The Morgan fingerprint density at radius 2 is 1.35 bits per heavy atom. The van der Waals surface area contributed by atoms with E-state index in [0.29, 0.717) is 38.8 Å². The van der Waals surface area contributed by atoms with E-state index in [1.165, 1.54) is 57.8 Å². The van der Waals surface area contributed by atoms with Crippen LogP contribution in [0.5, 0.6) is 0 Å². The maximum absolute atomic E-state index is 12.9. The first kappa shape index (κ1) is 22.2. The second-order valence-electron chi connectivity index (χ2n) is 14.9. The molecule has 0 radical (unpaired) electrons. The highest BCUT2D eigenvalue weighted by molar-refractivity contribution is 5.85. The molecule has 0 N–H and O–H groups in total. The number of hydrogen-bond acceptors (Lipinski definition) is 1. The second-order valence-corrected chi connectivity index (χ2v) is 14.9. The van der Waals surface area contributed by atoms with Gasteiger partial charge in [-0.1, -0.05) is 66.5 Å². The summed E-state index contributed by atoms with van der Waals surface area (Å²) in [5.74, 6) is 1.86. The number of allylic oxidation sites excluding steroid dienone is 2. The van der Waals surface area contributed by atoms with E-state index in [1.54, 1.807) is 0 Å². The molecule has 6 atom stereocenters. The van der Waals surface area contributed by atoms with Crippen LogP contribution < -0.4 is 0 Å². The maximum Gasteiger partial charge on any atom is 0.138 e. The van der Waals surface area contributed by atoms with Gasteiger partial charge < -0.3 is 0 Å². The Balaban J connectivity index is 1.60. The van der Waals surface area contributed by atoms with Crippen LogP contribution in [-0.2, 0) is 4.79 Å². The van der Waals surface area contributed by atoms with Crippen molar-refractivity contribution < 1.29 is 4.79 Å². The summed E-state index contributed by atoms with van der Waals surface area (Å²) >= 11 is 0. The molecule has 5 rings (SSSR count). The summed E-state index contributed by atoms with van der Waals surface area (Å²) in [6.45, 7) is 20.1. The van der Waals surface area contributed by atoms with E-state index in [0.717, 1.165) is 18.8 Å². The molecule has 0 amide bonds. The molecule has 1 heteroatoms. The number of carbonyl (C=O) groups is 1. The van der Waals surface area contributed by atoms with Crippen LogP contribution in [0.4, 0.5) is 0 Å². The molecule has 0 aromatic heterocycles. The van der Waals surface area contributed by atoms with Gasteiger partial charge >= 0.3 is 0 Å². The van der Waals surface area contributed by atoms with Gasteiger partial charge in [-0.25, -0.2) is 0 Å². The van der Waals surface area contributed by atoms with Crippen LogP contribution in [0.25, 0.3) is 0 Å². The van der Waals surface area contributed by atoms with Crippen LogP contribution in [0.2, 0.25) is 0 Å². The monoisotopic (exact) mass is 424 g/mol. The molecular weight excluding hydrogens is 376 g/mol. The number of rotatable bonds is 0. The highest BCUT2D eigenvalue weighted by Crippen LogP contribution is 2.75. The van der Waals surface area contributed by atoms with E-state index >= 15 is 0 Å². The van der Waals surface area contributed by atoms with Gasteiger partial charge in [0.1, 0.15) is 5.78 Å². The Labute approximate surface area is 192 Å². The van der Waals surface area contributed by atoms with E-state index in [-0.39, 0.29) is 5.41 Å². The second kappa shape index (κ2) is 6.29. The quantitative estimate of drug-likeness (QED) is 0.356. The lowest BCUT2D eigenvalue weighted by Crippen LogP contribution is -2.63. The summed E-state index contributed by atoms with van der Waals surface area (Å²) < 4.78 is 0. The van der Waals surface area contributed by atoms with E-state index in [9.17, 15) is 4.79 Å². The van der Waals surface area contributed by atoms with E-state index in [4.69, 9.17) is 0 Å². The first-order valence-corrected chi connectivity index (χ1v) is 13.5. The van der Waals surface area contributed by atoms with Gasteiger partial charge in [0.2, 0.25) is 0 Å². The third kappa shape index (κ3) is 2.70. The summed E-state index contributed by atoms with van der Waals surface area (Å²) in [6.07, 6.45) is 14.1. The van der Waals surface area contributed by atoms with Crippen molar-refractivity contribution in [3.8, 4) is 0 Å². The molecule has 4 saturated carbocycles. The Kier molecular flexibility index (Phi) is 4.51. The highest BCUT2D eigenvalue weighted by Gasteiger charge is 2.67. The number of hydrogen-bond donors (Lipinski definition) is 0. The summed E-state index contributed by atoms with van der Waals surface area (Å²) in [5.41, 5.74) is 5.67. The molecule has 0 spiro atoms. The van der Waals surface area contributed by atoms with Gasteiger partial charge in [-0.05, 0) is 103 Å². The first-order valence-electron chi connectivity index (χ1n) is 13.5. The topological polar surface area (TPSA) is 17.1 Å². The Morgan fingerprint density at radius 1 is 0.677 bits per heavy atom. The third-order valence-corrected chi connectivity index (χ3v) is 12.7. The lowest BCUT2D eigenvalue weighted by molar-refractivity contribution is -0.184. The Bertz CT molecular complexity index is 844. The molecule has 0 bridgehead atoms. The fourth-order valence-corrected chi connectivity index (χ4v) is 10.3. The number of carbonyl (C=O) groups excluding carboxylic acids is 1. The SMILES string of the molecule is CC1(C)CC[C@]2(C)CC[C@]3(C)C(=C2C1)CCC1[C@@]2(C)CCC(=O)C(C)(C)C2CC[C@]13C. The van der Waals surface area contributed by atoms with E-state index in [1.807, 2.05) is 11.1 Å². The number of fused-ring (bicyclic) bond motifs is 6. The van der Waals surface area contributed by atoms with Crippen LogP contribution in [0.3, 0.4) is 0 Å². The molecule has 5 aliphatic rings. The van der Waals surface area contributed by atoms with Gasteiger partial charge in [0.05, 0.1) is 0 Å². The Hall–Kier alpha value is -0.590. The molecule has 31 heavy (non-hydrogen) atoms. The van der Waals surface area contributed by atoms with Crippen molar-refractivity contribution in [3.63, 3.8) is 0 Å². The molecule has 0 saturated heterocycles. The van der Waals surface area contributed by atoms with Crippen molar-refractivity contribution in [1.82, 2.24) is 0 Å². The molecule has 0 aromatic rings. The van der Waals surface area contributed by atoms with Crippen molar-refractivity contribution in [2.75, 3.05) is 0 Å². The molecule has 174 valence electrons. The van der Waals surface area contributed by atoms with Gasteiger partial charge in [-0.3, -0.25) is 4.79 Å². The minimum atomic E-state index is -0.132. The third-order valence-electron chi connectivity index (χ3n) is 12.7. The van der Waals surface area contributed by atoms with Crippen LogP contribution in [0.15, 0.2) is 11.1 Å². The van der Waals surface area contributed by atoms with Gasteiger partial charge in [-0.2, -0.15) is 0 Å². The largest absolute Gasteiger partial charge is 0.299 e. The molecule has 0 aliphatic heterocycles. The van der Waals surface area contributed by atoms with Crippen molar-refractivity contribution in [1.29, 1.82) is 0 Å². The van der Waals surface area contributed by atoms with Gasteiger partial charge in [0, 0.05) is 11.8 Å². The molecule has 4 fully saturated rings. The Morgan fingerprint density at radius 3 is 2.06 bits per heavy atom. The summed E-state index contributed by atoms with van der Waals surface area (Å²) in [5, 5.41) is 0. The summed E-state index contributed by atoms with van der Waals surface area (Å²) in [4.78, 5) is 12.9. The van der Waals surface area contributed by atoms with Crippen molar-refractivity contribution in [2.24, 2.45) is 44.3 Å². The standard InChI is InChI=1S/C30H48O/c1-25(2)15-16-27(5)17-18-29(7)20(21(27)19-25)9-10-23-28(6)13-12-24(31)26(3,4)22(28)11-14-30(23,29)8/h22-23H,9-19H2,1-8H3/t22?,23?,27-,28+,29-,30-/m1/s1. The molecular formula is C30H48O. The number of Topliss-reactive ketones (excluding diaryl/α,β-unsaturated/α-hetero) is 1. The fourth-order valence-electron chi connectivity index (χ4n) is 10.3. The van der Waals surface area contributed by atoms with Gasteiger partial charge in [0.15, 0.2) is 0 Å². The lowest BCUT2D eigenvalue weighted by atomic mass is 9.34. The smallest absolute Gasteiger partial charge is 0.138 e. The predicted molar refractivity (Wildman–Crippen MR) is 130 cm³/mol. The van der Waals surface area contributed by atoms with Crippen molar-refractivity contribution in [2.45, 2.75) is 126 Å². The molecule has 2 unspecified atom stereocenters. The lowest BCUT2D eigenvalue weighted by Gasteiger charge is -2.70. The van der Waals surface area contributed by atoms with Crippen LogP contribution in [0, 0.1) is 44.3 Å². The van der Waals surface area contributed by atoms with E-state index < -0.39 is 0 Å². The van der Waals surface area contributed by atoms with Gasteiger partial charge in [-0.15, -0.1) is 0 Å². The predicted octanol–water partition coefficient (Wildman–Crippen LogP) is 8.52. The van der Waals surface area contributed by atoms with Crippen LogP contribution >= 0.6 is 0 Å². The van der Waals surface area contributed by atoms with Crippen molar-refractivity contribution >= 4 is 5.78 Å². The molecule has 5 aliphatic carbocycles. The van der Waals surface area contributed by atoms with Crippen molar-refractivity contribution in [3.05, 3.63) is 11.1 Å². The molecule has 1 nitrogen and oxygen atoms in total. The summed E-state index contributed by atoms with van der Waals surface area (Å²) in [7, 11) is 0. The zero-order valence-electron chi connectivity index (χ0n) is 21.8. The molecule has 0 heterocycles. The normalized spacial score (nSPS) is 50.8. The maximum atomic E-state index is 12.9. The molecule has 0 aromatic carbocycles. The van der Waals surface area contributed by atoms with Crippen LogP contribution in [-0.4, -0.2) is 5.78 Å².